The van der Waals surface area contributed by atoms with Crippen molar-refractivity contribution in [2.45, 2.75) is 76.7 Å². The van der Waals surface area contributed by atoms with Crippen LogP contribution >= 0.6 is 0 Å². The van der Waals surface area contributed by atoms with Gasteiger partial charge in [0.15, 0.2) is 0 Å². The van der Waals surface area contributed by atoms with E-state index in [2.05, 4.69) is 10.8 Å². The summed E-state index contributed by atoms with van der Waals surface area (Å²) in [5.41, 5.74) is 0. The number of halogens is 2. The van der Waals surface area contributed by atoms with E-state index in [-0.39, 0.29) is 23.9 Å². The smallest absolute Gasteiger partial charge is 0.309 e. The van der Waals surface area contributed by atoms with E-state index in [4.69, 9.17) is 4.74 Å². The normalized spacial score (nSPS) is 23.0. The van der Waals surface area contributed by atoms with Crippen molar-refractivity contribution in [3.8, 4) is 0 Å². The molecule has 0 saturated heterocycles. The summed E-state index contributed by atoms with van der Waals surface area (Å²) in [6.45, 7) is 1.83. The zero-order chi connectivity index (χ0) is 21.0. The van der Waals surface area contributed by atoms with Crippen molar-refractivity contribution >= 4 is 11.8 Å². The van der Waals surface area contributed by atoms with Gasteiger partial charge in [-0.15, -0.1) is 0 Å². The Morgan fingerprint density at radius 1 is 1.14 bits per heavy atom. The standard InChI is InChI=1S/C22H34F2O4/c1-4-5-16-22(23,24)20(25)15-13-17-12-14-19(27-2)18(17)10-8-6-7-9-11-21(26)28-3/h6,8,13,15,17-19H,4-5,7,9-12,14,16H2,1-3H3/b8-6-,15-13+/t17-,18?,19?/m1/s1. The minimum absolute atomic E-state index is 0.0515. The molecule has 0 aromatic heterocycles. The molecule has 0 bridgehead atoms. The van der Waals surface area contributed by atoms with Crippen molar-refractivity contribution in [3.05, 3.63) is 24.3 Å². The minimum Gasteiger partial charge on any atom is -0.469 e. The van der Waals surface area contributed by atoms with E-state index < -0.39 is 18.1 Å². The molecule has 0 aromatic carbocycles. The molecule has 1 aliphatic carbocycles. The van der Waals surface area contributed by atoms with Crippen molar-refractivity contribution in [1.82, 2.24) is 0 Å². The van der Waals surface area contributed by atoms with Gasteiger partial charge in [-0.2, -0.15) is 8.78 Å². The Morgan fingerprint density at radius 3 is 2.54 bits per heavy atom. The van der Waals surface area contributed by atoms with Crippen LogP contribution in [0, 0.1) is 11.8 Å². The summed E-state index contributed by atoms with van der Waals surface area (Å²) in [5, 5.41) is 0. The number of ether oxygens (including phenoxy) is 2. The predicted molar refractivity (Wildman–Crippen MR) is 105 cm³/mol. The molecule has 0 radical (unpaired) electrons. The Kier molecular flexibility index (Phi) is 11.2. The maximum absolute atomic E-state index is 13.9. The molecule has 4 nitrogen and oxygen atoms in total. The van der Waals surface area contributed by atoms with Crippen LogP contribution in [-0.4, -0.2) is 38.0 Å². The van der Waals surface area contributed by atoms with E-state index in [1.54, 1.807) is 13.2 Å². The number of hydrogen-bond acceptors (Lipinski definition) is 4. The first-order chi connectivity index (χ1) is 13.4. The highest BCUT2D eigenvalue weighted by atomic mass is 19.3. The average molecular weight is 401 g/mol. The highest BCUT2D eigenvalue weighted by Crippen LogP contribution is 2.37. The van der Waals surface area contributed by atoms with Gasteiger partial charge in [-0.25, -0.2) is 0 Å². The molecule has 0 N–H and O–H groups in total. The Labute approximate surface area is 167 Å². The average Bonchev–Trinajstić information content (AvgIpc) is 3.08. The quantitative estimate of drug-likeness (QED) is 0.183. The third-order valence-electron chi connectivity index (χ3n) is 5.37. The van der Waals surface area contributed by atoms with Crippen LogP contribution in [0.4, 0.5) is 8.78 Å². The predicted octanol–water partition coefficient (Wildman–Crippen LogP) is 5.27. The van der Waals surface area contributed by atoms with Crippen molar-refractivity contribution in [1.29, 1.82) is 0 Å². The van der Waals surface area contributed by atoms with Gasteiger partial charge in [0.25, 0.3) is 0 Å². The van der Waals surface area contributed by atoms with Gasteiger partial charge >= 0.3 is 11.9 Å². The Hall–Kier alpha value is -1.56. The second-order valence-electron chi connectivity index (χ2n) is 7.39. The first-order valence-electron chi connectivity index (χ1n) is 10.2. The summed E-state index contributed by atoms with van der Waals surface area (Å²) in [6.07, 6.45) is 11.8. The van der Waals surface area contributed by atoms with Crippen LogP contribution in [0.5, 0.6) is 0 Å². The monoisotopic (exact) mass is 400 g/mol. The fourth-order valence-electron chi connectivity index (χ4n) is 3.61. The lowest BCUT2D eigenvalue weighted by Gasteiger charge is -2.21. The van der Waals surface area contributed by atoms with Crippen LogP contribution in [0.1, 0.15) is 64.7 Å². The lowest BCUT2D eigenvalue weighted by Crippen LogP contribution is -2.27. The van der Waals surface area contributed by atoms with Gasteiger partial charge in [-0.1, -0.05) is 31.6 Å². The topological polar surface area (TPSA) is 52.6 Å². The molecule has 1 fully saturated rings. The number of ketones is 1. The summed E-state index contributed by atoms with van der Waals surface area (Å²) in [4.78, 5) is 23.0. The number of methoxy groups -OCH3 is 2. The van der Waals surface area contributed by atoms with Gasteiger partial charge in [0, 0.05) is 20.0 Å². The van der Waals surface area contributed by atoms with E-state index >= 15 is 0 Å². The number of carbonyl (C=O) groups is 2. The number of allylic oxidation sites excluding steroid dienone is 4. The fourth-order valence-corrected chi connectivity index (χ4v) is 3.61. The number of carbonyl (C=O) groups excluding carboxylic acids is 2. The Morgan fingerprint density at radius 2 is 1.89 bits per heavy atom. The van der Waals surface area contributed by atoms with Crippen molar-refractivity contribution in [2.75, 3.05) is 14.2 Å². The molecule has 160 valence electrons. The summed E-state index contributed by atoms with van der Waals surface area (Å²) < 4.78 is 37.9. The number of unbranched alkanes of at least 4 members (excludes halogenated alkanes) is 2. The number of esters is 1. The van der Waals surface area contributed by atoms with E-state index in [1.165, 1.54) is 7.11 Å². The minimum atomic E-state index is -3.28. The number of hydrogen-bond donors (Lipinski definition) is 0. The lowest BCUT2D eigenvalue weighted by molar-refractivity contribution is -0.140. The highest BCUT2D eigenvalue weighted by molar-refractivity contribution is 5.95. The molecule has 2 unspecified atom stereocenters. The summed E-state index contributed by atoms with van der Waals surface area (Å²) >= 11 is 0. The molecule has 0 spiro atoms. The second kappa shape index (κ2) is 12.8. The molecule has 0 aromatic rings. The SMILES string of the molecule is CCCCC(F)(F)C(=O)/C=C/[C@H]1CCC(OC)C1C/C=C\CCCC(=O)OC. The third kappa shape index (κ3) is 8.21. The molecule has 1 saturated carbocycles. The molecule has 3 atom stereocenters. The lowest BCUT2D eigenvalue weighted by atomic mass is 9.90. The van der Waals surface area contributed by atoms with Crippen LogP contribution in [-0.2, 0) is 19.1 Å². The van der Waals surface area contributed by atoms with Crippen LogP contribution in [0.15, 0.2) is 24.3 Å². The van der Waals surface area contributed by atoms with E-state index in [0.29, 0.717) is 19.3 Å². The van der Waals surface area contributed by atoms with E-state index in [1.807, 2.05) is 13.0 Å². The molecule has 6 heteroatoms. The summed E-state index contributed by atoms with van der Waals surface area (Å²) in [5.74, 6) is -4.38. The van der Waals surface area contributed by atoms with Gasteiger partial charge in [0.05, 0.1) is 13.2 Å². The molecule has 0 aliphatic heterocycles. The summed E-state index contributed by atoms with van der Waals surface area (Å²) in [6, 6.07) is 0. The second-order valence-corrected chi connectivity index (χ2v) is 7.39. The maximum Gasteiger partial charge on any atom is 0.309 e. The maximum atomic E-state index is 13.9. The van der Waals surface area contributed by atoms with Gasteiger partial charge in [0.1, 0.15) is 0 Å². The first-order valence-corrected chi connectivity index (χ1v) is 10.2. The van der Waals surface area contributed by atoms with Crippen LogP contribution in [0.25, 0.3) is 0 Å². The van der Waals surface area contributed by atoms with Gasteiger partial charge in [-0.3, -0.25) is 9.59 Å². The molecule has 1 rings (SSSR count). The number of alkyl halides is 2. The van der Waals surface area contributed by atoms with Crippen molar-refractivity contribution < 1.29 is 27.8 Å². The van der Waals surface area contributed by atoms with E-state index in [0.717, 1.165) is 38.2 Å². The molecule has 28 heavy (non-hydrogen) atoms. The van der Waals surface area contributed by atoms with Crippen LogP contribution < -0.4 is 0 Å². The fraction of sp³-hybridized carbons (Fsp3) is 0.727. The Balaban J connectivity index is 2.57. The van der Waals surface area contributed by atoms with Crippen LogP contribution in [0.2, 0.25) is 0 Å². The zero-order valence-electron chi connectivity index (χ0n) is 17.3. The number of rotatable bonds is 13. The zero-order valence-corrected chi connectivity index (χ0v) is 17.3. The summed E-state index contributed by atoms with van der Waals surface area (Å²) in [7, 11) is 3.04. The first kappa shape index (κ1) is 24.5. The van der Waals surface area contributed by atoms with Gasteiger partial charge in [-0.05, 0) is 56.4 Å². The molecule has 0 heterocycles. The highest BCUT2D eigenvalue weighted by Gasteiger charge is 2.37. The molecular formula is C22H34F2O4. The molecule has 0 amide bonds. The van der Waals surface area contributed by atoms with E-state index in [9.17, 15) is 18.4 Å². The Bertz CT molecular complexity index is 543. The molecule has 1 aliphatic rings. The van der Waals surface area contributed by atoms with Gasteiger partial charge in [0.2, 0.25) is 5.78 Å². The van der Waals surface area contributed by atoms with Crippen molar-refractivity contribution in [2.24, 2.45) is 11.8 Å². The molecular weight excluding hydrogens is 366 g/mol. The third-order valence-corrected chi connectivity index (χ3v) is 5.37. The largest absolute Gasteiger partial charge is 0.469 e. The van der Waals surface area contributed by atoms with Crippen LogP contribution in [0.3, 0.4) is 0 Å². The van der Waals surface area contributed by atoms with Gasteiger partial charge < -0.3 is 9.47 Å². The van der Waals surface area contributed by atoms with Crippen molar-refractivity contribution in [3.63, 3.8) is 0 Å².